The van der Waals surface area contributed by atoms with E-state index in [1.54, 1.807) is 0 Å². The van der Waals surface area contributed by atoms with Gasteiger partial charge in [0.2, 0.25) is 11.8 Å². The van der Waals surface area contributed by atoms with Crippen LogP contribution < -0.4 is 0 Å². The molecule has 2 aliphatic heterocycles. The highest BCUT2D eigenvalue weighted by atomic mass is 16.2. The van der Waals surface area contributed by atoms with Crippen molar-refractivity contribution in [1.29, 1.82) is 0 Å². The summed E-state index contributed by atoms with van der Waals surface area (Å²) in [7, 11) is 0. The number of amides is 2. The number of nitrogens with zero attached hydrogens (tertiary/aromatic N) is 3. The predicted octanol–water partition coefficient (Wildman–Crippen LogP) is 4.58. The smallest absolute Gasteiger partial charge is 0.243 e. The fourth-order valence-electron chi connectivity index (χ4n) is 4.57. The van der Waals surface area contributed by atoms with Crippen LogP contribution in [0.3, 0.4) is 0 Å². The maximum atomic E-state index is 12.6. The predicted molar refractivity (Wildman–Crippen MR) is 127 cm³/mol. The van der Waals surface area contributed by atoms with E-state index < -0.39 is 0 Å². The summed E-state index contributed by atoms with van der Waals surface area (Å²) in [5.74, 6) is 0.719. The second kappa shape index (κ2) is 10.6. The largest absolute Gasteiger partial charge is 0.343 e. The van der Waals surface area contributed by atoms with Crippen LogP contribution in [0.2, 0.25) is 0 Å². The number of rotatable bonds is 7. The van der Waals surface area contributed by atoms with E-state index in [0.29, 0.717) is 12.5 Å². The van der Waals surface area contributed by atoms with Crippen molar-refractivity contribution in [2.75, 3.05) is 19.6 Å². The van der Waals surface area contributed by atoms with Gasteiger partial charge in [-0.15, -0.1) is 0 Å². The minimum Gasteiger partial charge on any atom is -0.343 e. The van der Waals surface area contributed by atoms with Gasteiger partial charge < -0.3 is 4.90 Å². The molecule has 1 saturated heterocycles. The Labute approximate surface area is 191 Å². The zero-order valence-electron chi connectivity index (χ0n) is 19.0. The van der Waals surface area contributed by atoms with Crippen LogP contribution in [0.4, 0.5) is 0 Å². The molecule has 2 aromatic rings. The first kappa shape index (κ1) is 22.3. The van der Waals surface area contributed by atoms with E-state index in [9.17, 15) is 9.59 Å². The van der Waals surface area contributed by atoms with Crippen LogP contribution in [-0.4, -0.2) is 47.1 Å². The first-order valence-electron chi connectivity index (χ1n) is 11.8. The van der Waals surface area contributed by atoms with Gasteiger partial charge in [-0.25, -0.2) is 5.01 Å². The third-order valence-corrected chi connectivity index (χ3v) is 6.68. The van der Waals surface area contributed by atoms with E-state index in [2.05, 4.69) is 36.3 Å². The van der Waals surface area contributed by atoms with Crippen LogP contribution in [0.5, 0.6) is 0 Å². The molecule has 0 unspecified atom stereocenters. The average Bonchev–Trinajstić information content (AvgIpc) is 3.33. The first-order valence-corrected chi connectivity index (χ1v) is 11.8. The molecule has 0 saturated carbocycles. The number of piperidine rings is 1. The van der Waals surface area contributed by atoms with Gasteiger partial charge in [-0.3, -0.25) is 9.59 Å². The third-order valence-electron chi connectivity index (χ3n) is 6.68. The zero-order valence-corrected chi connectivity index (χ0v) is 19.0. The molecule has 0 spiro atoms. The standard InChI is InChI=1S/C27H33N3O2/c1-21-7-9-22(10-8-21)11-12-23-15-18-29(19-16-23)26(31)13-14-27(32)30-20-17-25(28-30)24-5-3-2-4-6-24/h2-10,23H,11-20H2,1H3. The second-order valence-corrected chi connectivity index (χ2v) is 9.03. The van der Waals surface area contributed by atoms with Gasteiger partial charge in [-0.2, -0.15) is 5.10 Å². The summed E-state index contributed by atoms with van der Waals surface area (Å²) in [4.78, 5) is 27.1. The fraction of sp³-hybridized carbons (Fsp3) is 0.444. The molecule has 168 valence electrons. The normalized spacial score (nSPS) is 16.8. The molecule has 0 aromatic heterocycles. The van der Waals surface area contributed by atoms with Gasteiger partial charge in [0, 0.05) is 32.4 Å². The SMILES string of the molecule is Cc1ccc(CCC2CCN(C(=O)CCC(=O)N3CCC(c4ccccc4)=N3)CC2)cc1. The molecule has 0 atom stereocenters. The van der Waals surface area contributed by atoms with Crippen LogP contribution >= 0.6 is 0 Å². The molecule has 4 rings (SSSR count). The molecular formula is C27H33N3O2. The van der Waals surface area contributed by atoms with Gasteiger partial charge in [-0.1, -0.05) is 60.2 Å². The highest BCUT2D eigenvalue weighted by Gasteiger charge is 2.25. The van der Waals surface area contributed by atoms with Gasteiger partial charge in [0.25, 0.3) is 0 Å². The lowest BCUT2D eigenvalue weighted by Gasteiger charge is -2.32. The van der Waals surface area contributed by atoms with E-state index in [1.807, 2.05) is 35.2 Å². The van der Waals surface area contributed by atoms with Crippen molar-refractivity contribution in [3.63, 3.8) is 0 Å². The summed E-state index contributed by atoms with van der Waals surface area (Å²) >= 11 is 0. The van der Waals surface area contributed by atoms with Crippen molar-refractivity contribution in [2.45, 2.75) is 51.9 Å². The lowest BCUT2D eigenvalue weighted by atomic mass is 9.90. The van der Waals surface area contributed by atoms with Gasteiger partial charge >= 0.3 is 0 Å². The Morgan fingerprint density at radius 1 is 0.906 bits per heavy atom. The summed E-state index contributed by atoms with van der Waals surface area (Å²) in [5, 5.41) is 6.02. The van der Waals surface area contributed by atoms with E-state index >= 15 is 0 Å². The monoisotopic (exact) mass is 431 g/mol. The molecule has 32 heavy (non-hydrogen) atoms. The molecule has 0 aliphatic carbocycles. The Morgan fingerprint density at radius 3 is 2.31 bits per heavy atom. The second-order valence-electron chi connectivity index (χ2n) is 9.03. The van der Waals surface area contributed by atoms with Crippen LogP contribution in [-0.2, 0) is 16.0 Å². The fourth-order valence-corrected chi connectivity index (χ4v) is 4.57. The summed E-state index contributed by atoms with van der Waals surface area (Å²) < 4.78 is 0. The molecule has 1 fully saturated rings. The summed E-state index contributed by atoms with van der Waals surface area (Å²) in [5.41, 5.74) is 4.70. The van der Waals surface area contributed by atoms with Crippen molar-refractivity contribution in [1.82, 2.24) is 9.91 Å². The molecule has 2 heterocycles. The average molecular weight is 432 g/mol. The highest BCUT2D eigenvalue weighted by molar-refractivity contribution is 6.02. The summed E-state index contributed by atoms with van der Waals surface area (Å²) in [6.45, 7) is 4.34. The molecule has 0 N–H and O–H groups in total. The zero-order chi connectivity index (χ0) is 22.3. The molecule has 5 heteroatoms. The third kappa shape index (κ3) is 5.84. The molecule has 2 amide bonds. The lowest BCUT2D eigenvalue weighted by molar-refractivity contribution is -0.137. The van der Waals surface area contributed by atoms with Crippen molar-refractivity contribution in [3.8, 4) is 0 Å². The van der Waals surface area contributed by atoms with Gasteiger partial charge in [0.1, 0.15) is 0 Å². The molecule has 2 aromatic carbocycles. The number of benzene rings is 2. The van der Waals surface area contributed by atoms with Gasteiger partial charge in [0.15, 0.2) is 0 Å². The molecule has 5 nitrogen and oxygen atoms in total. The Hall–Kier alpha value is -2.95. The molecule has 2 aliphatic rings. The van der Waals surface area contributed by atoms with Crippen molar-refractivity contribution >= 4 is 17.5 Å². The van der Waals surface area contributed by atoms with Crippen molar-refractivity contribution in [3.05, 3.63) is 71.3 Å². The Bertz CT molecular complexity index is 945. The Morgan fingerprint density at radius 2 is 1.59 bits per heavy atom. The maximum Gasteiger partial charge on any atom is 0.243 e. The quantitative estimate of drug-likeness (QED) is 0.644. The first-order chi connectivity index (χ1) is 15.6. The number of likely N-dealkylation sites (tertiary alicyclic amines) is 1. The van der Waals surface area contributed by atoms with Crippen LogP contribution in [0.1, 0.15) is 55.2 Å². The minimum atomic E-state index is -0.0581. The van der Waals surface area contributed by atoms with E-state index in [0.717, 1.165) is 50.0 Å². The van der Waals surface area contributed by atoms with Crippen LogP contribution in [0, 0.1) is 12.8 Å². The minimum absolute atomic E-state index is 0.0581. The number of hydrogen-bond acceptors (Lipinski definition) is 3. The number of hydrazone groups is 1. The molecule has 0 radical (unpaired) electrons. The molecular weight excluding hydrogens is 398 g/mol. The topological polar surface area (TPSA) is 53.0 Å². The van der Waals surface area contributed by atoms with Gasteiger partial charge in [0.05, 0.1) is 12.3 Å². The van der Waals surface area contributed by atoms with E-state index in [-0.39, 0.29) is 24.7 Å². The van der Waals surface area contributed by atoms with Gasteiger partial charge in [-0.05, 0) is 49.7 Å². The maximum absolute atomic E-state index is 12.6. The van der Waals surface area contributed by atoms with Crippen LogP contribution in [0.15, 0.2) is 59.7 Å². The van der Waals surface area contributed by atoms with Crippen LogP contribution in [0.25, 0.3) is 0 Å². The Balaban J connectivity index is 1.17. The lowest BCUT2D eigenvalue weighted by Crippen LogP contribution is -2.39. The van der Waals surface area contributed by atoms with Crippen molar-refractivity contribution < 1.29 is 9.59 Å². The summed E-state index contributed by atoms with van der Waals surface area (Å²) in [6, 6.07) is 18.7. The summed E-state index contributed by atoms with van der Waals surface area (Å²) in [6.07, 6.45) is 5.68. The Kier molecular flexibility index (Phi) is 7.35. The number of hydrogen-bond donors (Lipinski definition) is 0. The van der Waals surface area contributed by atoms with Crippen molar-refractivity contribution in [2.24, 2.45) is 11.0 Å². The highest BCUT2D eigenvalue weighted by Crippen LogP contribution is 2.23. The van der Waals surface area contributed by atoms with E-state index in [4.69, 9.17) is 0 Å². The molecule has 0 bridgehead atoms. The number of carbonyl (C=O) groups excluding carboxylic acids is 2. The number of aryl methyl sites for hydroxylation is 2. The number of carbonyl (C=O) groups is 2. The van der Waals surface area contributed by atoms with E-state index in [1.165, 1.54) is 22.6 Å².